The van der Waals surface area contributed by atoms with Gasteiger partial charge in [-0.3, -0.25) is 5.32 Å². The summed E-state index contributed by atoms with van der Waals surface area (Å²) in [5.41, 5.74) is 1.83. The second kappa shape index (κ2) is 7.82. The highest BCUT2D eigenvalue weighted by atomic mass is 16.5. The smallest absolute Gasteiger partial charge is 0.411 e. The number of hydrogen-bond donors (Lipinski definition) is 2. The summed E-state index contributed by atoms with van der Waals surface area (Å²) in [7, 11) is 1.63. The van der Waals surface area contributed by atoms with Gasteiger partial charge in [0.2, 0.25) is 0 Å². The Kier molecular flexibility index (Phi) is 5.30. The topological polar surface area (TPSA) is 89.8 Å². The summed E-state index contributed by atoms with van der Waals surface area (Å²) in [6.45, 7) is 2.27. The van der Waals surface area contributed by atoms with Gasteiger partial charge in [0.15, 0.2) is 5.69 Å². The van der Waals surface area contributed by atoms with Crippen molar-refractivity contribution in [3.05, 3.63) is 59.8 Å². The molecule has 2 aromatic carbocycles. The average Bonchev–Trinajstić information content (AvgIpc) is 2.92. The lowest BCUT2D eigenvalue weighted by molar-refractivity contribution is 0.0688. The molecule has 0 atom stereocenters. The molecule has 0 aliphatic heterocycles. The highest BCUT2D eigenvalue weighted by Gasteiger charge is 2.23. The predicted octanol–water partition coefficient (Wildman–Crippen LogP) is 4.02. The number of fused-ring (bicyclic) bond motifs is 1. The Morgan fingerprint density at radius 2 is 1.89 bits per heavy atom. The SMILES string of the molecule is CCOC(=O)Nc1c(C(=O)O)n(C)c2cc(OCc3ccccc3)ccc12. The van der Waals surface area contributed by atoms with E-state index < -0.39 is 12.1 Å². The van der Waals surface area contributed by atoms with E-state index >= 15 is 0 Å². The summed E-state index contributed by atoms with van der Waals surface area (Å²) in [6, 6.07) is 15.0. The molecular weight excluding hydrogens is 348 g/mol. The molecule has 1 amide bonds. The molecule has 140 valence electrons. The highest BCUT2D eigenvalue weighted by molar-refractivity contribution is 6.10. The maximum absolute atomic E-state index is 11.8. The Bertz CT molecular complexity index is 979. The fourth-order valence-corrected chi connectivity index (χ4v) is 2.89. The second-order valence-electron chi connectivity index (χ2n) is 5.89. The zero-order valence-electron chi connectivity index (χ0n) is 15.1. The van der Waals surface area contributed by atoms with Crippen LogP contribution in [0.4, 0.5) is 10.5 Å². The number of nitrogens with one attached hydrogen (secondary N) is 1. The normalized spacial score (nSPS) is 10.6. The Hall–Kier alpha value is -3.48. The van der Waals surface area contributed by atoms with Crippen LogP contribution < -0.4 is 10.1 Å². The molecule has 0 bridgehead atoms. The average molecular weight is 368 g/mol. The van der Waals surface area contributed by atoms with Crippen LogP contribution >= 0.6 is 0 Å². The summed E-state index contributed by atoms with van der Waals surface area (Å²) in [6.07, 6.45) is -0.697. The van der Waals surface area contributed by atoms with Crippen molar-refractivity contribution < 1.29 is 24.2 Å². The third-order valence-corrected chi connectivity index (χ3v) is 4.13. The number of carbonyl (C=O) groups is 2. The maximum Gasteiger partial charge on any atom is 0.411 e. The van der Waals surface area contributed by atoms with Gasteiger partial charge >= 0.3 is 12.1 Å². The van der Waals surface area contributed by atoms with Gasteiger partial charge in [-0.05, 0) is 24.6 Å². The van der Waals surface area contributed by atoms with Crippen LogP contribution in [-0.2, 0) is 18.4 Å². The van der Waals surface area contributed by atoms with Gasteiger partial charge in [0, 0.05) is 18.5 Å². The Morgan fingerprint density at radius 3 is 2.56 bits per heavy atom. The first-order chi connectivity index (χ1) is 13.0. The largest absolute Gasteiger partial charge is 0.489 e. The quantitative estimate of drug-likeness (QED) is 0.686. The van der Waals surface area contributed by atoms with E-state index in [1.807, 2.05) is 30.3 Å². The van der Waals surface area contributed by atoms with Gasteiger partial charge in [-0.1, -0.05) is 30.3 Å². The van der Waals surface area contributed by atoms with Gasteiger partial charge in [0.25, 0.3) is 0 Å². The summed E-state index contributed by atoms with van der Waals surface area (Å²) in [5.74, 6) is -0.543. The van der Waals surface area contributed by atoms with E-state index in [9.17, 15) is 14.7 Å². The number of aromatic nitrogens is 1. The number of carboxylic acid groups (broad SMARTS) is 1. The minimum absolute atomic E-state index is 0.0294. The number of rotatable bonds is 6. The van der Waals surface area contributed by atoms with Gasteiger partial charge in [-0.2, -0.15) is 0 Å². The molecule has 0 radical (unpaired) electrons. The van der Waals surface area contributed by atoms with Gasteiger partial charge < -0.3 is 19.1 Å². The molecule has 0 saturated carbocycles. The van der Waals surface area contributed by atoms with Gasteiger partial charge in [-0.15, -0.1) is 0 Å². The van der Waals surface area contributed by atoms with Gasteiger partial charge in [0.1, 0.15) is 12.4 Å². The minimum Gasteiger partial charge on any atom is -0.489 e. The number of aryl methyl sites for hydroxylation is 1. The molecule has 3 aromatic rings. The van der Waals surface area contributed by atoms with Crippen molar-refractivity contribution in [1.82, 2.24) is 4.57 Å². The molecule has 0 aliphatic carbocycles. The fraction of sp³-hybridized carbons (Fsp3) is 0.200. The lowest BCUT2D eigenvalue weighted by Gasteiger charge is -2.07. The number of carbonyl (C=O) groups excluding carboxylic acids is 1. The Morgan fingerprint density at radius 1 is 1.15 bits per heavy atom. The number of carboxylic acids is 1. The molecule has 0 spiro atoms. The van der Waals surface area contributed by atoms with Crippen molar-refractivity contribution in [3.8, 4) is 5.75 Å². The summed E-state index contributed by atoms with van der Waals surface area (Å²) >= 11 is 0. The van der Waals surface area contributed by atoms with Gasteiger partial charge in [-0.25, -0.2) is 9.59 Å². The number of hydrogen-bond acceptors (Lipinski definition) is 4. The molecule has 0 fully saturated rings. The van der Waals surface area contributed by atoms with E-state index in [1.54, 1.807) is 32.2 Å². The molecule has 0 aliphatic rings. The van der Waals surface area contributed by atoms with E-state index in [2.05, 4.69) is 5.32 Å². The maximum atomic E-state index is 11.8. The fourth-order valence-electron chi connectivity index (χ4n) is 2.89. The number of amides is 1. The van der Waals surface area contributed by atoms with Crippen molar-refractivity contribution in [2.75, 3.05) is 11.9 Å². The number of nitrogens with zero attached hydrogens (tertiary/aromatic N) is 1. The lowest BCUT2D eigenvalue weighted by Crippen LogP contribution is -2.16. The van der Waals surface area contributed by atoms with Crippen LogP contribution in [0.25, 0.3) is 10.9 Å². The van der Waals surface area contributed by atoms with E-state index in [1.165, 1.54) is 4.57 Å². The van der Waals surface area contributed by atoms with Crippen molar-refractivity contribution in [1.29, 1.82) is 0 Å². The first kappa shape index (κ1) is 18.3. The monoisotopic (exact) mass is 368 g/mol. The highest BCUT2D eigenvalue weighted by Crippen LogP contribution is 2.33. The number of aromatic carboxylic acids is 1. The lowest BCUT2D eigenvalue weighted by atomic mass is 10.2. The molecule has 27 heavy (non-hydrogen) atoms. The summed E-state index contributed by atoms with van der Waals surface area (Å²) in [4.78, 5) is 23.5. The molecule has 0 unspecified atom stereocenters. The molecule has 1 aromatic heterocycles. The number of ether oxygens (including phenoxy) is 2. The predicted molar refractivity (Wildman–Crippen MR) is 101 cm³/mol. The second-order valence-corrected chi connectivity index (χ2v) is 5.89. The van der Waals surface area contributed by atoms with Crippen LogP contribution in [0.2, 0.25) is 0 Å². The van der Waals surface area contributed by atoms with E-state index in [0.717, 1.165) is 5.56 Å². The summed E-state index contributed by atoms with van der Waals surface area (Å²) in [5, 5.41) is 12.7. The summed E-state index contributed by atoms with van der Waals surface area (Å²) < 4.78 is 12.2. The van der Waals surface area contributed by atoms with E-state index in [-0.39, 0.29) is 18.0 Å². The Balaban J connectivity index is 1.95. The first-order valence-electron chi connectivity index (χ1n) is 8.47. The van der Waals surface area contributed by atoms with Crippen LogP contribution in [0, 0.1) is 0 Å². The van der Waals surface area contributed by atoms with Crippen LogP contribution in [-0.4, -0.2) is 28.3 Å². The van der Waals surface area contributed by atoms with Gasteiger partial charge in [0.05, 0.1) is 17.8 Å². The number of benzene rings is 2. The third-order valence-electron chi connectivity index (χ3n) is 4.13. The zero-order chi connectivity index (χ0) is 19.4. The first-order valence-corrected chi connectivity index (χ1v) is 8.47. The van der Waals surface area contributed by atoms with E-state index in [0.29, 0.717) is 23.3 Å². The Labute approximate surface area is 156 Å². The molecule has 7 heteroatoms. The standard InChI is InChI=1S/C20H20N2O5/c1-3-26-20(25)21-17-15-10-9-14(27-12-13-7-5-4-6-8-13)11-16(15)22(2)18(17)19(23)24/h4-11H,3,12H2,1-2H3,(H,21,25)(H,23,24). The molecular formula is C20H20N2O5. The number of anilines is 1. The minimum atomic E-state index is -1.15. The molecule has 2 N–H and O–H groups in total. The van der Waals surface area contributed by atoms with Crippen molar-refractivity contribution in [3.63, 3.8) is 0 Å². The van der Waals surface area contributed by atoms with Crippen molar-refractivity contribution >= 4 is 28.7 Å². The zero-order valence-corrected chi connectivity index (χ0v) is 15.1. The molecule has 3 rings (SSSR count). The van der Waals surface area contributed by atoms with Crippen LogP contribution in [0.1, 0.15) is 23.0 Å². The molecule has 1 heterocycles. The van der Waals surface area contributed by atoms with Crippen LogP contribution in [0.3, 0.4) is 0 Å². The molecule has 7 nitrogen and oxygen atoms in total. The molecule has 0 saturated heterocycles. The van der Waals surface area contributed by atoms with Crippen LogP contribution in [0.15, 0.2) is 48.5 Å². The van der Waals surface area contributed by atoms with Crippen molar-refractivity contribution in [2.24, 2.45) is 7.05 Å². The van der Waals surface area contributed by atoms with Crippen LogP contribution in [0.5, 0.6) is 5.75 Å². The van der Waals surface area contributed by atoms with Crippen molar-refractivity contribution in [2.45, 2.75) is 13.5 Å². The third kappa shape index (κ3) is 3.87. The van der Waals surface area contributed by atoms with E-state index in [4.69, 9.17) is 9.47 Å².